The van der Waals surface area contributed by atoms with E-state index in [1.165, 1.54) is 17.7 Å². The molecule has 0 saturated heterocycles. The largest absolute Gasteiger partial charge is 0.769 e. The van der Waals surface area contributed by atoms with Crippen LogP contribution in [0.15, 0.2) is 41.5 Å². The molecule has 0 radical (unpaired) electrons. The molecule has 3 N–H and O–H groups in total. The quantitative estimate of drug-likeness (QED) is 0.743. The molecule has 0 amide bonds. The molecule has 0 saturated carbocycles. The van der Waals surface area contributed by atoms with Gasteiger partial charge in [-0.05, 0) is 36.2 Å². The van der Waals surface area contributed by atoms with Crippen molar-refractivity contribution in [2.75, 3.05) is 15.9 Å². The molecular formula is C15H14N4O4-2. The van der Waals surface area contributed by atoms with Gasteiger partial charge in [-0.2, -0.15) is 5.10 Å². The van der Waals surface area contributed by atoms with Crippen LogP contribution < -0.4 is 15.9 Å². The van der Waals surface area contributed by atoms with Crippen molar-refractivity contribution in [1.29, 1.82) is 0 Å². The summed E-state index contributed by atoms with van der Waals surface area (Å²) >= 11 is 0. The lowest BCUT2D eigenvalue weighted by molar-refractivity contribution is 0.0295. The number of aryl methyl sites for hydroxylation is 1. The Kier molecular flexibility index (Phi) is 3.89. The van der Waals surface area contributed by atoms with Crippen LogP contribution in [0.25, 0.3) is 0 Å². The number of hydrogen-bond donors (Lipinski definition) is 3. The van der Waals surface area contributed by atoms with Crippen LogP contribution in [0.1, 0.15) is 16.7 Å². The van der Waals surface area contributed by atoms with Crippen molar-refractivity contribution in [3.8, 4) is 0 Å². The van der Waals surface area contributed by atoms with Gasteiger partial charge in [-0.1, -0.05) is 18.2 Å². The van der Waals surface area contributed by atoms with Gasteiger partial charge in [0, 0.05) is 17.7 Å². The van der Waals surface area contributed by atoms with Crippen LogP contribution >= 0.6 is 0 Å². The van der Waals surface area contributed by atoms with Crippen LogP contribution in [-0.2, 0) is 6.42 Å². The van der Waals surface area contributed by atoms with Crippen molar-refractivity contribution >= 4 is 22.8 Å². The number of hydrogen-bond acceptors (Lipinski definition) is 8. The van der Waals surface area contributed by atoms with E-state index in [0.717, 1.165) is 22.9 Å². The zero-order valence-electron chi connectivity index (χ0n) is 12.2. The van der Waals surface area contributed by atoms with E-state index >= 15 is 0 Å². The number of benzene rings is 2. The SMILES string of the molecule is Cc1cccc2c1C(=NNc1ccc(N([O-])[O-])cc1N(O)O)C2. The molecule has 0 heterocycles. The van der Waals surface area contributed by atoms with E-state index < -0.39 is 5.23 Å². The summed E-state index contributed by atoms with van der Waals surface area (Å²) in [6.07, 6.45) is 0.717. The van der Waals surface area contributed by atoms with E-state index in [1.54, 1.807) is 0 Å². The average molecular weight is 314 g/mol. The maximum atomic E-state index is 10.8. The summed E-state index contributed by atoms with van der Waals surface area (Å²) in [6.45, 7) is 1.99. The second-order valence-corrected chi connectivity index (χ2v) is 5.20. The number of nitrogens with zero attached hydrogens (tertiary/aromatic N) is 3. The number of nitrogens with one attached hydrogen (secondary N) is 1. The van der Waals surface area contributed by atoms with Gasteiger partial charge in [-0.3, -0.25) is 15.8 Å². The summed E-state index contributed by atoms with van der Waals surface area (Å²) in [4.78, 5) is 0. The predicted molar refractivity (Wildman–Crippen MR) is 86.7 cm³/mol. The third-order valence-corrected chi connectivity index (χ3v) is 3.72. The number of hydrazone groups is 1. The van der Waals surface area contributed by atoms with Crippen molar-refractivity contribution in [3.63, 3.8) is 0 Å². The molecule has 0 bridgehead atoms. The molecule has 0 atom stereocenters. The molecule has 8 heteroatoms. The van der Waals surface area contributed by atoms with Gasteiger partial charge in [-0.15, -0.1) is 5.23 Å². The molecule has 23 heavy (non-hydrogen) atoms. The molecule has 1 aliphatic carbocycles. The van der Waals surface area contributed by atoms with Crippen LogP contribution in [0, 0.1) is 17.3 Å². The Balaban J connectivity index is 1.87. The first-order chi connectivity index (χ1) is 11.0. The summed E-state index contributed by atoms with van der Waals surface area (Å²) in [7, 11) is 0. The van der Waals surface area contributed by atoms with Crippen LogP contribution in [0.4, 0.5) is 17.1 Å². The molecule has 0 aromatic heterocycles. The van der Waals surface area contributed by atoms with Gasteiger partial charge in [-0.25, -0.2) is 0 Å². The minimum atomic E-state index is -0.617. The van der Waals surface area contributed by atoms with Gasteiger partial charge >= 0.3 is 0 Å². The van der Waals surface area contributed by atoms with Gasteiger partial charge in [0.1, 0.15) is 5.69 Å². The Morgan fingerprint density at radius 1 is 1.17 bits per heavy atom. The lowest BCUT2D eigenvalue weighted by Crippen LogP contribution is -2.23. The Hall–Kier alpha value is -2.65. The van der Waals surface area contributed by atoms with E-state index in [9.17, 15) is 20.8 Å². The van der Waals surface area contributed by atoms with Crippen molar-refractivity contribution < 1.29 is 10.4 Å². The topological polar surface area (TPSA) is 117 Å². The molecule has 0 spiro atoms. The Morgan fingerprint density at radius 3 is 2.61 bits per heavy atom. The van der Waals surface area contributed by atoms with Crippen LogP contribution in [0.5, 0.6) is 0 Å². The van der Waals surface area contributed by atoms with Gasteiger partial charge in [0.15, 0.2) is 0 Å². The van der Waals surface area contributed by atoms with E-state index in [4.69, 9.17) is 0 Å². The number of fused-ring (bicyclic) bond motifs is 1. The van der Waals surface area contributed by atoms with Crippen molar-refractivity contribution in [1.82, 2.24) is 0 Å². The third-order valence-electron chi connectivity index (χ3n) is 3.72. The first-order valence-corrected chi connectivity index (χ1v) is 6.85. The second kappa shape index (κ2) is 5.86. The molecule has 8 nitrogen and oxygen atoms in total. The molecule has 120 valence electrons. The molecule has 0 aliphatic heterocycles. The Labute approximate surface area is 132 Å². The lowest BCUT2D eigenvalue weighted by atomic mass is 9.83. The van der Waals surface area contributed by atoms with Gasteiger partial charge in [0.25, 0.3) is 0 Å². The van der Waals surface area contributed by atoms with Gasteiger partial charge < -0.3 is 15.6 Å². The maximum absolute atomic E-state index is 10.8. The van der Waals surface area contributed by atoms with Crippen molar-refractivity contribution in [2.24, 2.45) is 5.10 Å². The highest BCUT2D eigenvalue weighted by Crippen LogP contribution is 2.31. The fourth-order valence-corrected chi connectivity index (χ4v) is 2.57. The fourth-order valence-electron chi connectivity index (χ4n) is 2.57. The summed E-state index contributed by atoms with van der Waals surface area (Å²) in [6, 6.07) is 9.68. The Morgan fingerprint density at radius 2 is 1.96 bits per heavy atom. The minimum Gasteiger partial charge on any atom is -0.769 e. The number of rotatable bonds is 4. The van der Waals surface area contributed by atoms with E-state index in [-0.39, 0.29) is 22.3 Å². The highest BCUT2D eigenvalue weighted by atomic mass is 16.8. The van der Waals surface area contributed by atoms with Crippen LogP contribution in [0.2, 0.25) is 0 Å². The zero-order valence-corrected chi connectivity index (χ0v) is 12.2. The molecule has 2 aromatic rings. The smallest absolute Gasteiger partial charge is 0.121 e. The zero-order chi connectivity index (χ0) is 16.6. The summed E-state index contributed by atoms with van der Waals surface area (Å²) in [5, 5.41) is 43.5. The maximum Gasteiger partial charge on any atom is 0.121 e. The van der Waals surface area contributed by atoms with Crippen LogP contribution in [0.3, 0.4) is 0 Å². The number of anilines is 3. The van der Waals surface area contributed by atoms with Crippen molar-refractivity contribution in [3.05, 3.63) is 63.5 Å². The average Bonchev–Trinajstić information content (AvgIpc) is 2.48. The first kappa shape index (κ1) is 15.3. The standard InChI is InChI=1S/C15H14N4O4/c1-9-3-2-4-10-7-13(15(9)10)17-16-12-6-5-11(18(20)21)8-14(12)19(22)23/h2-6,8,16,22-23H,7H2,1H3/q-2. The molecule has 0 fully saturated rings. The lowest BCUT2D eigenvalue weighted by Gasteiger charge is -2.38. The molecule has 3 rings (SSSR count). The highest BCUT2D eigenvalue weighted by molar-refractivity contribution is 6.11. The van der Waals surface area contributed by atoms with Crippen LogP contribution in [-0.4, -0.2) is 16.1 Å². The Bertz CT molecular complexity index is 760. The highest BCUT2D eigenvalue weighted by Gasteiger charge is 2.23. The second-order valence-electron chi connectivity index (χ2n) is 5.20. The minimum absolute atomic E-state index is 0.159. The van der Waals surface area contributed by atoms with Crippen molar-refractivity contribution in [2.45, 2.75) is 13.3 Å². The molecule has 2 aromatic carbocycles. The predicted octanol–water partition coefficient (Wildman–Crippen LogP) is 2.75. The van der Waals surface area contributed by atoms with E-state index in [2.05, 4.69) is 10.5 Å². The monoisotopic (exact) mass is 314 g/mol. The normalized spacial score (nSPS) is 14.2. The summed E-state index contributed by atoms with van der Waals surface area (Å²) < 4.78 is 0. The van der Waals surface area contributed by atoms with E-state index in [0.29, 0.717) is 6.42 Å². The molecule has 1 aliphatic rings. The fraction of sp³-hybridized carbons (Fsp3) is 0.133. The third kappa shape index (κ3) is 2.83. The van der Waals surface area contributed by atoms with E-state index in [1.807, 2.05) is 25.1 Å². The molecular weight excluding hydrogens is 300 g/mol. The van der Waals surface area contributed by atoms with Gasteiger partial charge in [0.05, 0.1) is 11.4 Å². The van der Waals surface area contributed by atoms with Gasteiger partial charge in [0.2, 0.25) is 0 Å². The summed E-state index contributed by atoms with van der Waals surface area (Å²) in [5.41, 5.74) is 6.82. The summed E-state index contributed by atoms with van der Waals surface area (Å²) in [5.74, 6) is 0. The first-order valence-electron chi connectivity index (χ1n) is 6.85. The molecule has 0 unspecified atom stereocenters.